The fourth-order valence-electron chi connectivity index (χ4n) is 3.85. The summed E-state index contributed by atoms with van der Waals surface area (Å²) in [6.45, 7) is 4.41. The lowest BCUT2D eigenvalue weighted by Crippen LogP contribution is -2.43. The number of halogens is 1. The van der Waals surface area contributed by atoms with Crippen LogP contribution in [0.5, 0.6) is 5.75 Å². The summed E-state index contributed by atoms with van der Waals surface area (Å²) in [7, 11) is 0. The third-order valence-electron chi connectivity index (χ3n) is 5.52. The highest BCUT2D eigenvalue weighted by Gasteiger charge is 2.27. The Bertz CT molecular complexity index is 908. The Balaban J connectivity index is 1.51. The van der Waals surface area contributed by atoms with Gasteiger partial charge in [-0.1, -0.05) is 55.5 Å². The topological polar surface area (TPSA) is 12.5 Å². The van der Waals surface area contributed by atoms with Crippen molar-refractivity contribution in [3.8, 4) is 5.75 Å². The van der Waals surface area contributed by atoms with E-state index >= 15 is 0 Å². The van der Waals surface area contributed by atoms with Crippen molar-refractivity contribution in [3.05, 3.63) is 101 Å². The zero-order valence-electron chi connectivity index (χ0n) is 16.3. The van der Waals surface area contributed by atoms with Crippen LogP contribution >= 0.6 is 0 Å². The molecule has 3 aromatic rings. The molecule has 2 nitrogen and oxygen atoms in total. The maximum atomic E-state index is 13.7. The summed E-state index contributed by atoms with van der Waals surface area (Å²) >= 11 is 0. The largest absolute Gasteiger partial charge is 0.492 e. The van der Waals surface area contributed by atoms with Gasteiger partial charge in [0.25, 0.3) is 0 Å². The molecule has 1 aliphatic heterocycles. The van der Waals surface area contributed by atoms with Gasteiger partial charge in [-0.15, -0.1) is 0 Å². The molecule has 28 heavy (non-hydrogen) atoms. The number of hydrogen-bond donors (Lipinski definition) is 0. The lowest BCUT2D eigenvalue weighted by atomic mass is 9.93. The van der Waals surface area contributed by atoms with Crippen molar-refractivity contribution < 1.29 is 9.13 Å². The van der Waals surface area contributed by atoms with E-state index in [0.717, 1.165) is 37.2 Å². The molecule has 0 bridgehead atoms. The Kier molecular flexibility index (Phi) is 5.73. The first-order chi connectivity index (χ1) is 13.7. The van der Waals surface area contributed by atoms with Crippen molar-refractivity contribution in [2.24, 2.45) is 0 Å². The van der Waals surface area contributed by atoms with Gasteiger partial charge in [-0.2, -0.15) is 0 Å². The molecule has 0 amide bonds. The Morgan fingerprint density at radius 2 is 1.71 bits per heavy atom. The number of hydrogen-bond acceptors (Lipinski definition) is 2. The minimum Gasteiger partial charge on any atom is -0.492 e. The molecule has 3 aromatic carbocycles. The molecule has 0 saturated heterocycles. The van der Waals surface area contributed by atoms with Crippen molar-refractivity contribution in [2.75, 3.05) is 6.61 Å². The predicted octanol–water partition coefficient (Wildman–Crippen LogP) is 5.39. The number of benzene rings is 3. The van der Waals surface area contributed by atoms with Crippen LogP contribution in [0.25, 0.3) is 0 Å². The van der Waals surface area contributed by atoms with Crippen molar-refractivity contribution >= 4 is 0 Å². The summed E-state index contributed by atoms with van der Waals surface area (Å²) < 4.78 is 19.9. The van der Waals surface area contributed by atoms with Crippen LogP contribution in [0.15, 0.2) is 72.8 Å². The molecule has 0 aromatic heterocycles. The quantitative estimate of drug-likeness (QED) is 0.572. The lowest BCUT2D eigenvalue weighted by Gasteiger charge is -2.37. The maximum Gasteiger partial charge on any atom is 0.123 e. The van der Waals surface area contributed by atoms with Crippen LogP contribution in [0.3, 0.4) is 0 Å². The molecular formula is C25H26FNO. The van der Waals surface area contributed by atoms with Crippen molar-refractivity contribution in [3.63, 3.8) is 0 Å². The molecule has 4 rings (SSSR count). The molecule has 0 aliphatic carbocycles. The average Bonchev–Trinajstić information content (AvgIpc) is 2.73. The van der Waals surface area contributed by atoms with Gasteiger partial charge in [0.05, 0.1) is 0 Å². The van der Waals surface area contributed by atoms with E-state index in [1.807, 2.05) is 24.3 Å². The zero-order valence-corrected chi connectivity index (χ0v) is 16.3. The third kappa shape index (κ3) is 4.42. The van der Waals surface area contributed by atoms with E-state index in [1.54, 1.807) is 12.1 Å². The highest BCUT2D eigenvalue weighted by atomic mass is 19.1. The number of nitrogens with zero attached hydrogens (tertiary/aromatic N) is 1. The molecule has 144 valence electrons. The molecule has 0 unspecified atom stereocenters. The average molecular weight is 375 g/mol. The van der Waals surface area contributed by atoms with E-state index < -0.39 is 0 Å². The van der Waals surface area contributed by atoms with Gasteiger partial charge in [0, 0.05) is 19.1 Å². The Labute approximate surface area is 166 Å². The van der Waals surface area contributed by atoms with Crippen LogP contribution < -0.4 is 4.74 Å². The second-order valence-corrected chi connectivity index (χ2v) is 7.47. The molecule has 1 heterocycles. The third-order valence-corrected chi connectivity index (χ3v) is 5.52. The van der Waals surface area contributed by atoms with E-state index in [9.17, 15) is 4.39 Å². The Morgan fingerprint density at radius 1 is 0.929 bits per heavy atom. The van der Waals surface area contributed by atoms with E-state index in [1.165, 1.54) is 16.7 Å². The fourth-order valence-corrected chi connectivity index (χ4v) is 3.85. The van der Waals surface area contributed by atoms with Crippen LogP contribution in [-0.4, -0.2) is 17.5 Å². The highest BCUT2D eigenvalue weighted by Crippen LogP contribution is 2.26. The van der Waals surface area contributed by atoms with Crippen LogP contribution in [0.2, 0.25) is 0 Å². The predicted molar refractivity (Wildman–Crippen MR) is 111 cm³/mol. The van der Waals surface area contributed by atoms with Crippen LogP contribution in [0.4, 0.5) is 4.39 Å². The lowest BCUT2D eigenvalue weighted by molar-refractivity contribution is 0.109. The highest BCUT2D eigenvalue weighted by molar-refractivity contribution is 5.32. The minimum atomic E-state index is -0.162. The molecule has 0 spiro atoms. The molecule has 0 saturated carbocycles. The molecule has 0 N–H and O–H groups in total. The maximum absolute atomic E-state index is 13.7. The molecule has 1 aliphatic rings. The first-order valence-corrected chi connectivity index (χ1v) is 9.98. The second kappa shape index (κ2) is 8.57. The summed E-state index contributed by atoms with van der Waals surface area (Å²) in [5, 5.41) is 0. The number of aryl methyl sites for hydroxylation is 1. The summed E-state index contributed by atoms with van der Waals surface area (Å²) in [6, 6.07) is 24.2. The zero-order chi connectivity index (χ0) is 19.3. The van der Waals surface area contributed by atoms with Gasteiger partial charge in [-0.25, -0.2) is 4.39 Å². The summed E-state index contributed by atoms with van der Waals surface area (Å²) in [5.74, 6) is 0.729. The Hall–Kier alpha value is -2.65. The van der Waals surface area contributed by atoms with Gasteiger partial charge in [0.1, 0.15) is 18.2 Å². The van der Waals surface area contributed by atoms with Gasteiger partial charge >= 0.3 is 0 Å². The van der Waals surface area contributed by atoms with E-state index in [4.69, 9.17) is 4.74 Å². The van der Waals surface area contributed by atoms with Crippen molar-refractivity contribution in [1.82, 2.24) is 4.90 Å². The van der Waals surface area contributed by atoms with Crippen molar-refractivity contribution in [2.45, 2.75) is 38.9 Å². The van der Waals surface area contributed by atoms with Gasteiger partial charge in [-0.3, -0.25) is 4.90 Å². The van der Waals surface area contributed by atoms with E-state index in [0.29, 0.717) is 6.61 Å². The first-order valence-electron chi connectivity index (χ1n) is 9.98. The number of ether oxygens (including phenoxy) is 1. The van der Waals surface area contributed by atoms with E-state index in [-0.39, 0.29) is 11.9 Å². The summed E-state index contributed by atoms with van der Waals surface area (Å²) in [5.41, 5.74) is 4.89. The molecule has 0 fully saturated rings. The van der Waals surface area contributed by atoms with Gasteiger partial charge in [-0.05, 0) is 59.4 Å². The normalized spacial score (nSPS) is 16.6. The monoisotopic (exact) mass is 375 g/mol. The number of fused-ring (bicyclic) bond motifs is 1. The van der Waals surface area contributed by atoms with Crippen LogP contribution in [0.1, 0.15) is 29.2 Å². The smallest absolute Gasteiger partial charge is 0.123 e. The molecular weight excluding hydrogens is 349 g/mol. The molecule has 0 radical (unpaired) electrons. The van der Waals surface area contributed by atoms with Crippen LogP contribution in [0, 0.1) is 5.82 Å². The number of rotatable bonds is 6. The van der Waals surface area contributed by atoms with Gasteiger partial charge < -0.3 is 4.74 Å². The summed E-state index contributed by atoms with van der Waals surface area (Å²) in [6.07, 6.45) is 1.82. The first kappa shape index (κ1) is 18.7. The minimum absolute atomic E-state index is 0.162. The van der Waals surface area contributed by atoms with Crippen LogP contribution in [-0.2, 0) is 25.9 Å². The summed E-state index contributed by atoms with van der Waals surface area (Å²) in [4.78, 5) is 2.44. The molecule has 3 heteroatoms. The molecule has 1 atom stereocenters. The SMILES string of the molecule is CCc1ccc(OC[C@@H]2Cc3cc(F)ccc3CN2Cc2ccccc2)cc1. The Morgan fingerprint density at radius 3 is 2.46 bits per heavy atom. The second-order valence-electron chi connectivity index (χ2n) is 7.47. The van der Waals surface area contributed by atoms with Gasteiger partial charge in [0.2, 0.25) is 0 Å². The van der Waals surface area contributed by atoms with Gasteiger partial charge in [0.15, 0.2) is 0 Å². The fraction of sp³-hybridized carbons (Fsp3) is 0.280. The standard InChI is InChI=1S/C25H26FNO/c1-2-19-8-12-25(13-9-19)28-18-24-15-22-14-23(26)11-10-21(22)17-27(24)16-20-6-4-3-5-7-20/h3-14,24H,2,15-18H2,1H3/t24-/m0/s1. The van der Waals surface area contributed by atoms with E-state index in [2.05, 4.69) is 48.2 Å². The van der Waals surface area contributed by atoms with Crippen molar-refractivity contribution in [1.29, 1.82) is 0 Å².